The van der Waals surface area contributed by atoms with Crippen molar-refractivity contribution in [2.45, 2.75) is 127 Å². The van der Waals surface area contributed by atoms with E-state index in [1.165, 1.54) is 16.7 Å². The molecule has 59 heavy (non-hydrogen) atoms. The topological polar surface area (TPSA) is 284 Å². The zero-order chi connectivity index (χ0) is 43.8. The van der Waals surface area contributed by atoms with Gasteiger partial charge in [-0.25, -0.2) is 0 Å². The lowest BCUT2D eigenvalue weighted by molar-refractivity contribution is -0.147. The van der Waals surface area contributed by atoms with Gasteiger partial charge in [-0.3, -0.25) is 38.4 Å². The van der Waals surface area contributed by atoms with Gasteiger partial charge in [0.05, 0.1) is 12.1 Å². The molecule has 19 heteroatoms. The number of likely N-dealkylation sites (tertiary alicyclic amines) is 1. The van der Waals surface area contributed by atoms with Crippen LogP contribution in [-0.2, 0) is 44.8 Å². The molecule has 2 heterocycles. The van der Waals surface area contributed by atoms with E-state index in [1.54, 1.807) is 58.0 Å². The number of amides is 8. The lowest BCUT2D eigenvalue weighted by atomic mass is 9.97. The first-order chi connectivity index (χ1) is 27.9. The zero-order valence-electron chi connectivity index (χ0n) is 34.7. The lowest BCUT2D eigenvalue weighted by Crippen LogP contribution is -2.61. The van der Waals surface area contributed by atoms with Gasteiger partial charge in [0.2, 0.25) is 41.4 Å². The summed E-state index contributed by atoms with van der Waals surface area (Å²) < 4.78 is 0. The lowest BCUT2D eigenvalue weighted by Gasteiger charge is -2.33. The number of aliphatic hydroxyl groups excluding tert-OH is 1. The van der Waals surface area contributed by atoms with E-state index in [-0.39, 0.29) is 32.2 Å². The molecule has 8 atom stereocenters. The van der Waals surface area contributed by atoms with Crippen LogP contribution >= 0.6 is 11.8 Å². The number of hydrogen-bond acceptors (Lipinski definition) is 11. The molecule has 0 saturated carbocycles. The molecule has 1 aromatic carbocycles. The highest BCUT2D eigenvalue weighted by Gasteiger charge is 2.42. The maximum atomic E-state index is 14.1. The molecule has 18 nitrogen and oxygen atoms in total. The molecule has 0 spiro atoms. The number of carbonyl (C=O) groups is 8. The van der Waals surface area contributed by atoms with Gasteiger partial charge in [-0.1, -0.05) is 58.0 Å². The molecule has 2 fully saturated rings. The van der Waals surface area contributed by atoms with E-state index < -0.39 is 107 Å². The first-order valence-corrected chi connectivity index (χ1v) is 21.7. The van der Waals surface area contributed by atoms with E-state index in [2.05, 4.69) is 31.9 Å². The number of nitrogens with zero attached hydrogens (tertiary/aromatic N) is 1. The highest BCUT2D eigenvalue weighted by molar-refractivity contribution is 7.98. The number of carbonyl (C=O) groups excluding carboxylic acids is 8. The summed E-state index contributed by atoms with van der Waals surface area (Å²) in [5.74, 6) is -5.59. The van der Waals surface area contributed by atoms with Crippen molar-refractivity contribution in [3.63, 3.8) is 0 Å². The highest BCUT2D eigenvalue weighted by Crippen LogP contribution is 2.21. The van der Waals surface area contributed by atoms with Gasteiger partial charge in [0, 0.05) is 13.0 Å². The molecular formula is C40H63N9O9S. The summed E-state index contributed by atoms with van der Waals surface area (Å²) >= 11 is 1.49. The van der Waals surface area contributed by atoms with Crippen LogP contribution in [0.1, 0.15) is 78.2 Å². The van der Waals surface area contributed by atoms with Gasteiger partial charge in [-0.05, 0) is 80.9 Å². The summed E-state index contributed by atoms with van der Waals surface area (Å²) in [6, 6.07) is 1.70. The molecule has 0 aromatic heterocycles. The minimum Gasteiger partial charge on any atom is -0.381 e. The van der Waals surface area contributed by atoms with Gasteiger partial charge in [0.1, 0.15) is 30.2 Å². The van der Waals surface area contributed by atoms with Gasteiger partial charge in [-0.15, -0.1) is 0 Å². The Hall–Kier alpha value is -4.75. The van der Waals surface area contributed by atoms with Crippen LogP contribution in [0.15, 0.2) is 30.3 Å². The number of hydrogen-bond donors (Lipinski definition) is 9. The Kier molecular flexibility index (Phi) is 19.6. The smallest absolute Gasteiger partial charge is 0.254 e. The summed E-state index contributed by atoms with van der Waals surface area (Å²) in [6.45, 7) is 7.59. The van der Waals surface area contributed by atoms with Crippen LogP contribution in [0.5, 0.6) is 0 Å². The van der Waals surface area contributed by atoms with E-state index in [0.717, 1.165) is 6.42 Å². The van der Waals surface area contributed by atoms with E-state index in [1.807, 2.05) is 6.26 Å². The van der Waals surface area contributed by atoms with Crippen molar-refractivity contribution in [2.75, 3.05) is 25.1 Å². The van der Waals surface area contributed by atoms with Crippen molar-refractivity contribution < 1.29 is 43.5 Å². The normalized spacial score (nSPS) is 19.5. The largest absolute Gasteiger partial charge is 0.381 e. The molecular weight excluding hydrogens is 783 g/mol. The van der Waals surface area contributed by atoms with E-state index >= 15 is 0 Å². The third-order valence-electron chi connectivity index (χ3n) is 10.6. The number of aliphatic hydroxyl groups is 1. The van der Waals surface area contributed by atoms with E-state index in [0.29, 0.717) is 37.1 Å². The van der Waals surface area contributed by atoms with Crippen molar-refractivity contribution >= 4 is 59.0 Å². The standard InChI is InChI=1S/C40H63N9O9S/c1-22(2)31(47-36(54)27(15-16-30(41)50)45-35(53)26-13-9-18-43-26)39(57)46-28(21-24-11-7-6-8-12-24)33(51)40(58)49-19-10-14-29(49)37(55)48-32(23(3)4)38(56)44-25(34(42)52)17-20-59-5/h6-8,11-12,22-23,25-29,31-33,43,51H,9-10,13-21H2,1-5H3,(H2,41,50)(H2,42,52)(H,44,56)(H,45,53)(H,46,57)(H,47,54)(H,48,55)/t25-,26-,27-,28-,29-,31-,32-,33-/m0/s1. The van der Waals surface area contributed by atoms with Crippen molar-refractivity contribution in [3.05, 3.63) is 35.9 Å². The van der Waals surface area contributed by atoms with Crippen molar-refractivity contribution in [1.82, 2.24) is 36.8 Å². The molecule has 1 aromatic rings. The van der Waals surface area contributed by atoms with Crippen LogP contribution in [0.25, 0.3) is 0 Å². The molecule has 11 N–H and O–H groups in total. The van der Waals surface area contributed by atoms with Crippen molar-refractivity contribution in [3.8, 4) is 0 Å². The van der Waals surface area contributed by atoms with E-state index in [9.17, 15) is 43.5 Å². The molecule has 3 rings (SSSR count). The fourth-order valence-corrected chi connectivity index (χ4v) is 7.59. The Morgan fingerprint density at radius 2 is 1.44 bits per heavy atom. The van der Waals surface area contributed by atoms with Gasteiger partial charge in [0.15, 0.2) is 6.10 Å². The Labute approximate surface area is 350 Å². The van der Waals surface area contributed by atoms with Crippen molar-refractivity contribution in [2.24, 2.45) is 23.3 Å². The molecule has 2 saturated heterocycles. The highest BCUT2D eigenvalue weighted by atomic mass is 32.2. The summed E-state index contributed by atoms with van der Waals surface area (Å²) in [5, 5.41) is 28.3. The average molecular weight is 846 g/mol. The fourth-order valence-electron chi connectivity index (χ4n) is 7.12. The van der Waals surface area contributed by atoms with E-state index in [4.69, 9.17) is 11.5 Å². The average Bonchev–Trinajstić information content (AvgIpc) is 3.92. The van der Waals surface area contributed by atoms with Gasteiger partial charge < -0.3 is 53.4 Å². The number of rotatable bonds is 23. The molecule has 328 valence electrons. The maximum absolute atomic E-state index is 14.1. The molecule has 0 aliphatic carbocycles. The number of nitrogens with two attached hydrogens (primary N) is 2. The monoisotopic (exact) mass is 845 g/mol. The SMILES string of the molecule is CSCC[C@H](NC(=O)[C@@H](NC(=O)[C@@H]1CCCN1C(=O)[C@@H](O)[C@H](Cc1ccccc1)NC(=O)[C@@H](NC(=O)[C@H](CCC(N)=O)NC(=O)[C@@H]1CCCN1)C(C)C)C(C)C)C(N)=O. The summed E-state index contributed by atoms with van der Waals surface area (Å²) in [6.07, 6.45) is 2.06. The number of nitrogens with one attached hydrogen (secondary N) is 6. The number of thioether (sulfide) groups is 1. The zero-order valence-corrected chi connectivity index (χ0v) is 35.5. The third kappa shape index (κ3) is 14.8. The van der Waals surface area contributed by atoms with Crippen LogP contribution in [0, 0.1) is 11.8 Å². The van der Waals surface area contributed by atoms with Crippen LogP contribution in [0.4, 0.5) is 0 Å². The maximum Gasteiger partial charge on any atom is 0.254 e. The van der Waals surface area contributed by atoms with Gasteiger partial charge in [0.25, 0.3) is 5.91 Å². The predicted octanol–water partition coefficient (Wildman–Crippen LogP) is -1.43. The van der Waals surface area contributed by atoms with Crippen LogP contribution < -0.4 is 43.4 Å². The molecule has 2 aliphatic heterocycles. The Morgan fingerprint density at radius 3 is 2.02 bits per heavy atom. The molecule has 0 bridgehead atoms. The number of benzene rings is 1. The second-order valence-corrected chi connectivity index (χ2v) is 16.8. The molecule has 0 unspecified atom stereocenters. The Bertz CT molecular complexity index is 1630. The second kappa shape index (κ2) is 23.7. The quantitative estimate of drug-likeness (QED) is 0.0616. The van der Waals surface area contributed by atoms with Crippen LogP contribution in [-0.4, -0.2) is 131 Å². The summed E-state index contributed by atoms with van der Waals surface area (Å²) in [4.78, 5) is 107. The minimum absolute atomic E-state index is 0.00178. The summed E-state index contributed by atoms with van der Waals surface area (Å²) in [7, 11) is 0. The summed E-state index contributed by atoms with van der Waals surface area (Å²) in [5.41, 5.74) is 11.5. The van der Waals surface area contributed by atoms with Gasteiger partial charge in [-0.2, -0.15) is 11.8 Å². The Balaban J connectivity index is 1.80. The second-order valence-electron chi connectivity index (χ2n) is 15.9. The van der Waals surface area contributed by atoms with Crippen molar-refractivity contribution in [1.29, 1.82) is 0 Å². The fraction of sp³-hybridized carbons (Fsp3) is 0.650. The predicted molar refractivity (Wildman–Crippen MR) is 222 cm³/mol. The number of primary amides is 2. The Morgan fingerprint density at radius 1 is 0.797 bits per heavy atom. The first kappa shape index (κ1) is 48.6. The minimum atomic E-state index is -1.84. The molecule has 0 radical (unpaired) electrons. The third-order valence-corrected chi connectivity index (χ3v) is 11.2. The molecule has 8 amide bonds. The van der Waals surface area contributed by atoms with Gasteiger partial charge >= 0.3 is 0 Å². The molecule has 2 aliphatic rings. The first-order valence-electron chi connectivity index (χ1n) is 20.3. The van der Waals surface area contributed by atoms with Crippen LogP contribution in [0.2, 0.25) is 0 Å². The van der Waals surface area contributed by atoms with Crippen LogP contribution in [0.3, 0.4) is 0 Å².